The van der Waals surface area contributed by atoms with Gasteiger partial charge in [0.05, 0.1) is 0 Å². The van der Waals surface area contributed by atoms with Crippen molar-refractivity contribution in [2.45, 2.75) is 84.5 Å². The molecule has 0 radical (unpaired) electrons. The van der Waals surface area contributed by atoms with Gasteiger partial charge < -0.3 is 0 Å². The van der Waals surface area contributed by atoms with Crippen molar-refractivity contribution in [1.82, 2.24) is 0 Å². The molecule has 0 aliphatic carbocycles. The van der Waals surface area contributed by atoms with Crippen LogP contribution in [0.2, 0.25) is 0 Å². The Kier molecular flexibility index (Phi) is 19.3. The third-order valence-corrected chi connectivity index (χ3v) is 2.71. The van der Waals surface area contributed by atoms with Crippen LogP contribution in [0.4, 0.5) is 0 Å². The molecular formula is C13H28Fe. The van der Waals surface area contributed by atoms with Gasteiger partial charge in [-0.15, -0.1) is 0 Å². The number of hydrogen-bond donors (Lipinski definition) is 0. The molecule has 0 saturated heterocycles. The van der Waals surface area contributed by atoms with Crippen LogP contribution in [-0.4, -0.2) is 0 Å². The van der Waals surface area contributed by atoms with Crippen LogP contribution in [0.15, 0.2) is 0 Å². The van der Waals surface area contributed by atoms with Gasteiger partial charge in [0.2, 0.25) is 0 Å². The average Bonchev–Trinajstić information content (AvgIpc) is 2.16. The summed E-state index contributed by atoms with van der Waals surface area (Å²) in [5, 5.41) is 0. The van der Waals surface area contributed by atoms with Crippen molar-refractivity contribution in [3.05, 3.63) is 0 Å². The molecule has 88 valence electrons. The van der Waals surface area contributed by atoms with Crippen molar-refractivity contribution in [1.29, 1.82) is 0 Å². The summed E-state index contributed by atoms with van der Waals surface area (Å²) in [6.45, 7) is 4.56. The minimum atomic E-state index is 0. The first-order valence-electron chi connectivity index (χ1n) is 6.41. The van der Waals surface area contributed by atoms with E-state index >= 15 is 0 Å². The molecule has 0 nitrogen and oxygen atoms in total. The molecular weight excluding hydrogens is 212 g/mol. The Morgan fingerprint density at radius 1 is 0.429 bits per heavy atom. The molecule has 0 unspecified atom stereocenters. The Bertz CT molecular complexity index is 71.3. The predicted octanol–water partition coefficient (Wildman–Crippen LogP) is 5.31. The molecule has 0 aromatic heterocycles. The Morgan fingerprint density at radius 2 is 0.643 bits per heavy atom. The molecule has 0 fully saturated rings. The van der Waals surface area contributed by atoms with Gasteiger partial charge in [0, 0.05) is 17.1 Å². The summed E-state index contributed by atoms with van der Waals surface area (Å²) in [6.07, 6.45) is 15.9. The van der Waals surface area contributed by atoms with E-state index in [-0.39, 0.29) is 17.1 Å². The van der Waals surface area contributed by atoms with Crippen molar-refractivity contribution in [3.63, 3.8) is 0 Å². The smallest absolute Gasteiger partial charge is 0 e. The van der Waals surface area contributed by atoms with Gasteiger partial charge in [-0.1, -0.05) is 84.5 Å². The van der Waals surface area contributed by atoms with Gasteiger partial charge in [-0.25, -0.2) is 0 Å². The molecule has 0 aliphatic rings. The SMILES string of the molecule is CCCCCCCCCCCCC.[Fe]. The number of unbranched alkanes of at least 4 members (excludes halogenated alkanes) is 10. The van der Waals surface area contributed by atoms with E-state index in [4.69, 9.17) is 0 Å². The molecule has 0 atom stereocenters. The molecule has 0 spiro atoms. The van der Waals surface area contributed by atoms with E-state index in [9.17, 15) is 0 Å². The van der Waals surface area contributed by atoms with Crippen LogP contribution in [0, 0.1) is 0 Å². The van der Waals surface area contributed by atoms with E-state index in [2.05, 4.69) is 13.8 Å². The second-order valence-electron chi connectivity index (χ2n) is 4.18. The fraction of sp³-hybridized carbons (Fsp3) is 1.00. The maximum Gasteiger partial charge on any atom is 0 e. The molecule has 0 heterocycles. The summed E-state index contributed by atoms with van der Waals surface area (Å²) < 4.78 is 0. The van der Waals surface area contributed by atoms with E-state index in [1.807, 2.05) is 0 Å². The normalized spacial score (nSPS) is 9.86. The van der Waals surface area contributed by atoms with Crippen molar-refractivity contribution in [3.8, 4) is 0 Å². The number of hydrogen-bond acceptors (Lipinski definition) is 0. The van der Waals surface area contributed by atoms with Crippen LogP contribution in [-0.2, 0) is 17.1 Å². The standard InChI is InChI=1S/C13H28.Fe/c1-3-5-7-9-11-13-12-10-8-6-4-2;/h3-13H2,1-2H3;. The van der Waals surface area contributed by atoms with Crippen LogP contribution in [0.3, 0.4) is 0 Å². The summed E-state index contributed by atoms with van der Waals surface area (Å²) in [5.74, 6) is 0. The fourth-order valence-corrected chi connectivity index (χ4v) is 1.74. The topological polar surface area (TPSA) is 0 Å². The van der Waals surface area contributed by atoms with Crippen LogP contribution < -0.4 is 0 Å². The summed E-state index contributed by atoms with van der Waals surface area (Å²) >= 11 is 0. The van der Waals surface area contributed by atoms with Gasteiger partial charge in [-0.05, 0) is 0 Å². The summed E-state index contributed by atoms with van der Waals surface area (Å²) in [7, 11) is 0. The van der Waals surface area contributed by atoms with Gasteiger partial charge in [0.25, 0.3) is 0 Å². The first-order valence-corrected chi connectivity index (χ1v) is 6.41. The molecule has 1 heteroatoms. The third-order valence-electron chi connectivity index (χ3n) is 2.71. The van der Waals surface area contributed by atoms with Gasteiger partial charge in [0.15, 0.2) is 0 Å². The zero-order valence-electron chi connectivity index (χ0n) is 10.1. The first kappa shape index (κ1) is 16.9. The van der Waals surface area contributed by atoms with Crippen LogP contribution in [0.25, 0.3) is 0 Å². The van der Waals surface area contributed by atoms with E-state index in [1.54, 1.807) is 0 Å². The fourth-order valence-electron chi connectivity index (χ4n) is 1.74. The van der Waals surface area contributed by atoms with Crippen LogP contribution >= 0.6 is 0 Å². The Hall–Kier alpha value is 0.519. The second kappa shape index (κ2) is 16.0. The maximum absolute atomic E-state index is 2.28. The molecule has 0 aliphatic heterocycles. The van der Waals surface area contributed by atoms with Crippen LogP contribution in [0.1, 0.15) is 84.5 Å². The van der Waals surface area contributed by atoms with Crippen molar-refractivity contribution < 1.29 is 17.1 Å². The monoisotopic (exact) mass is 240 g/mol. The van der Waals surface area contributed by atoms with Gasteiger partial charge in [-0.2, -0.15) is 0 Å². The maximum atomic E-state index is 2.28. The molecule has 0 N–H and O–H groups in total. The van der Waals surface area contributed by atoms with Crippen molar-refractivity contribution >= 4 is 0 Å². The minimum absolute atomic E-state index is 0. The molecule has 0 bridgehead atoms. The van der Waals surface area contributed by atoms with E-state index in [0.29, 0.717) is 0 Å². The summed E-state index contributed by atoms with van der Waals surface area (Å²) in [6, 6.07) is 0. The average molecular weight is 240 g/mol. The zero-order chi connectivity index (χ0) is 9.78. The zero-order valence-corrected chi connectivity index (χ0v) is 11.2. The van der Waals surface area contributed by atoms with Crippen LogP contribution in [0.5, 0.6) is 0 Å². The number of rotatable bonds is 10. The van der Waals surface area contributed by atoms with Gasteiger partial charge in [-0.3, -0.25) is 0 Å². The Balaban J connectivity index is 0. The third kappa shape index (κ3) is 15.0. The molecule has 0 aromatic carbocycles. The van der Waals surface area contributed by atoms with Gasteiger partial charge in [0.1, 0.15) is 0 Å². The van der Waals surface area contributed by atoms with E-state index in [0.717, 1.165) is 0 Å². The molecule has 14 heavy (non-hydrogen) atoms. The van der Waals surface area contributed by atoms with Crippen molar-refractivity contribution in [2.24, 2.45) is 0 Å². The Morgan fingerprint density at radius 3 is 0.857 bits per heavy atom. The second-order valence-corrected chi connectivity index (χ2v) is 4.18. The molecule has 0 aromatic rings. The molecule has 0 amide bonds. The minimum Gasteiger partial charge on any atom is -0.0654 e. The Labute approximate surface area is 102 Å². The largest absolute Gasteiger partial charge is 0.0654 e. The summed E-state index contributed by atoms with van der Waals surface area (Å²) in [4.78, 5) is 0. The van der Waals surface area contributed by atoms with Crippen molar-refractivity contribution in [2.75, 3.05) is 0 Å². The van der Waals surface area contributed by atoms with E-state index < -0.39 is 0 Å². The molecule has 0 saturated carbocycles. The first-order chi connectivity index (χ1) is 6.41. The van der Waals surface area contributed by atoms with Gasteiger partial charge >= 0.3 is 0 Å². The quantitative estimate of drug-likeness (QED) is 0.358. The predicted molar refractivity (Wildman–Crippen MR) is 62.1 cm³/mol. The molecule has 0 rings (SSSR count). The van der Waals surface area contributed by atoms with E-state index in [1.165, 1.54) is 70.6 Å². The summed E-state index contributed by atoms with van der Waals surface area (Å²) in [5.41, 5.74) is 0.